The van der Waals surface area contributed by atoms with E-state index in [4.69, 9.17) is 9.47 Å². The molecule has 0 bridgehead atoms. The van der Waals surface area contributed by atoms with Crippen molar-refractivity contribution in [3.63, 3.8) is 0 Å². The highest BCUT2D eigenvalue weighted by Crippen LogP contribution is 2.28. The predicted octanol–water partition coefficient (Wildman–Crippen LogP) is 3.74. The van der Waals surface area contributed by atoms with Crippen LogP contribution in [0, 0.1) is 0 Å². The summed E-state index contributed by atoms with van der Waals surface area (Å²) in [7, 11) is 1.58. The molecule has 0 aromatic heterocycles. The summed E-state index contributed by atoms with van der Waals surface area (Å²) in [5, 5.41) is 5.18. The quantitative estimate of drug-likeness (QED) is 0.643. The number of rotatable bonds is 6. The molecule has 0 atom stereocenters. The van der Waals surface area contributed by atoms with Gasteiger partial charge >= 0.3 is 11.8 Å². The van der Waals surface area contributed by atoms with Gasteiger partial charge in [-0.3, -0.25) is 9.59 Å². The lowest BCUT2D eigenvalue weighted by atomic mass is 10.2. The topological polar surface area (TPSA) is 76.7 Å². The maximum Gasteiger partial charge on any atom is 0.313 e. The molecule has 2 amide bonds. The van der Waals surface area contributed by atoms with E-state index in [9.17, 15) is 9.59 Å². The highest BCUT2D eigenvalue weighted by atomic mass is 16.5. The third kappa shape index (κ3) is 5.11. The van der Waals surface area contributed by atoms with Crippen LogP contribution in [-0.4, -0.2) is 18.9 Å². The Labute approximate surface area is 163 Å². The molecule has 0 unspecified atom stereocenters. The van der Waals surface area contributed by atoms with Crippen LogP contribution in [0.5, 0.6) is 17.2 Å². The highest BCUT2D eigenvalue weighted by Gasteiger charge is 2.16. The van der Waals surface area contributed by atoms with Crippen molar-refractivity contribution < 1.29 is 19.1 Å². The van der Waals surface area contributed by atoms with Crippen LogP contribution in [0.25, 0.3) is 0 Å². The average molecular weight is 376 g/mol. The van der Waals surface area contributed by atoms with E-state index in [2.05, 4.69) is 10.6 Å². The van der Waals surface area contributed by atoms with Gasteiger partial charge in [0.1, 0.15) is 11.5 Å². The Kier molecular flexibility index (Phi) is 6.25. The Morgan fingerprint density at radius 3 is 2.18 bits per heavy atom. The molecule has 3 aromatic rings. The van der Waals surface area contributed by atoms with Crippen LogP contribution in [0.4, 0.5) is 5.69 Å². The van der Waals surface area contributed by atoms with Crippen molar-refractivity contribution in [3.05, 3.63) is 84.4 Å². The van der Waals surface area contributed by atoms with E-state index in [1.807, 2.05) is 30.3 Å². The summed E-state index contributed by atoms with van der Waals surface area (Å²) in [4.78, 5) is 24.4. The smallest absolute Gasteiger partial charge is 0.313 e. The monoisotopic (exact) mass is 376 g/mol. The fourth-order valence-electron chi connectivity index (χ4n) is 2.46. The van der Waals surface area contributed by atoms with Gasteiger partial charge in [0.25, 0.3) is 0 Å². The Morgan fingerprint density at radius 2 is 1.46 bits per heavy atom. The van der Waals surface area contributed by atoms with Crippen LogP contribution >= 0.6 is 0 Å². The first kappa shape index (κ1) is 19.0. The van der Waals surface area contributed by atoms with Crippen LogP contribution in [0.15, 0.2) is 78.9 Å². The van der Waals surface area contributed by atoms with Crippen LogP contribution in [0.1, 0.15) is 5.56 Å². The van der Waals surface area contributed by atoms with Crippen LogP contribution in [0.2, 0.25) is 0 Å². The van der Waals surface area contributed by atoms with E-state index in [1.54, 1.807) is 55.6 Å². The molecule has 0 radical (unpaired) electrons. The minimum absolute atomic E-state index is 0.235. The second-order valence-electron chi connectivity index (χ2n) is 5.90. The summed E-state index contributed by atoms with van der Waals surface area (Å²) < 4.78 is 10.9. The van der Waals surface area contributed by atoms with E-state index in [-0.39, 0.29) is 6.54 Å². The zero-order chi connectivity index (χ0) is 19.8. The van der Waals surface area contributed by atoms with Gasteiger partial charge in [-0.05, 0) is 42.0 Å². The van der Waals surface area contributed by atoms with Crippen LogP contribution in [0.3, 0.4) is 0 Å². The predicted molar refractivity (Wildman–Crippen MR) is 106 cm³/mol. The Bertz CT molecular complexity index is 940. The molecule has 28 heavy (non-hydrogen) atoms. The third-order valence-electron chi connectivity index (χ3n) is 3.92. The zero-order valence-corrected chi connectivity index (χ0v) is 15.3. The molecular weight excluding hydrogens is 356 g/mol. The fourth-order valence-corrected chi connectivity index (χ4v) is 2.46. The number of amides is 2. The average Bonchev–Trinajstić information content (AvgIpc) is 2.74. The van der Waals surface area contributed by atoms with Crippen molar-refractivity contribution in [2.45, 2.75) is 6.54 Å². The van der Waals surface area contributed by atoms with Gasteiger partial charge in [0, 0.05) is 6.54 Å². The summed E-state index contributed by atoms with van der Waals surface area (Å²) in [5.74, 6) is 0.309. The van der Waals surface area contributed by atoms with Crippen molar-refractivity contribution in [1.82, 2.24) is 5.32 Å². The van der Waals surface area contributed by atoms with Crippen LogP contribution in [-0.2, 0) is 16.1 Å². The molecule has 3 rings (SSSR count). The van der Waals surface area contributed by atoms with E-state index in [0.717, 1.165) is 11.3 Å². The number of nitrogens with one attached hydrogen (secondary N) is 2. The van der Waals surface area contributed by atoms with Gasteiger partial charge in [0.15, 0.2) is 5.75 Å². The second kappa shape index (κ2) is 9.23. The molecule has 142 valence electrons. The van der Waals surface area contributed by atoms with Gasteiger partial charge in [-0.15, -0.1) is 0 Å². The van der Waals surface area contributed by atoms with E-state index in [1.165, 1.54) is 0 Å². The number of para-hydroxylation sites is 3. The highest BCUT2D eigenvalue weighted by molar-refractivity contribution is 6.39. The molecule has 0 heterocycles. The van der Waals surface area contributed by atoms with E-state index >= 15 is 0 Å². The van der Waals surface area contributed by atoms with Crippen molar-refractivity contribution in [2.75, 3.05) is 12.4 Å². The van der Waals surface area contributed by atoms with Crippen molar-refractivity contribution >= 4 is 17.5 Å². The van der Waals surface area contributed by atoms with Crippen molar-refractivity contribution in [3.8, 4) is 17.2 Å². The van der Waals surface area contributed by atoms with Crippen molar-refractivity contribution in [1.29, 1.82) is 0 Å². The molecule has 0 fully saturated rings. The van der Waals surface area contributed by atoms with Crippen LogP contribution < -0.4 is 20.1 Å². The SMILES string of the molecule is COc1ccc(CNC(=O)C(=O)Nc2ccccc2Oc2ccccc2)cc1. The second-order valence-corrected chi connectivity index (χ2v) is 5.90. The minimum atomic E-state index is -0.766. The van der Waals surface area contributed by atoms with Gasteiger partial charge < -0.3 is 20.1 Å². The zero-order valence-electron chi connectivity index (χ0n) is 15.3. The van der Waals surface area contributed by atoms with Crippen molar-refractivity contribution in [2.24, 2.45) is 0 Å². The normalized spacial score (nSPS) is 10.0. The van der Waals surface area contributed by atoms with Gasteiger partial charge in [-0.25, -0.2) is 0 Å². The molecule has 0 aliphatic heterocycles. The summed E-state index contributed by atoms with van der Waals surface area (Å²) in [6.07, 6.45) is 0. The molecule has 0 saturated heterocycles. The lowest BCUT2D eigenvalue weighted by Gasteiger charge is -2.12. The standard InChI is InChI=1S/C22H20N2O4/c1-27-17-13-11-16(12-14-17)15-23-21(25)22(26)24-19-9-5-6-10-20(19)28-18-7-3-2-4-8-18/h2-14H,15H2,1H3,(H,23,25)(H,24,26). The number of carbonyl (C=O) groups excluding carboxylic acids is 2. The van der Waals surface area contributed by atoms with Gasteiger partial charge in [0.05, 0.1) is 12.8 Å². The number of ether oxygens (including phenoxy) is 2. The largest absolute Gasteiger partial charge is 0.497 e. The molecule has 6 nitrogen and oxygen atoms in total. The molecule has 0 saturated carbocycles. The van der Waals surface area contributed by atoms with E-state index in [0.29, 0.717) is 17.2 Å². The number of hydrogen-bond acceptors (Lipinski definition) is 4. The summed E-state index contributed by atoms with van der Waals surface area (Å²) in [6.45, 7) is 0.235. The first-order chi connectivity index (χ1) is 13.7. The fraction of sp³-hybridized carbons (Fsp3) is 0.0909. The number of hydrogen-bond donors (Lipinski definition) is 2. The Balaban J connectivity index is 1.60. The summed E-state index contributed by atoms with van der Waals surface area (Å²) in [5.41, 5.74) is 1.27. The third-order valence-corrected chi connectivity index (χ3v) is 3.92. The Hall–Kier alpha value is -3.80. The lowest BCUT2D eigenvalue weighted by molar-refractivity contribution is -0.136. The number of methoxy groups -OCH3 is 1. The number of benzene rings is 3. The minimum Gasteiger partial charge on any atom is -0.497 e. The maximum atomic E-state index is 12.2. The van der Waals surface area contributed by atoms with Gasteiger partial charge in [0.2, 0.25) is 0 Å². The lowest BCUT2D eigenvalue weighted by Crippen LogP contribution is -2.35. The Morgan fingerprint density at radius 1 is 0.786 bits per heavy atom. The maximum absolute atomic E-state index is 12.2. The summed E-state index contributed by atoms with van der Waals surface area (Å²) >= 11 is 0. The number of anilines is 1. The molecule has 6 heteroatoms. The molecule has 0 aliphatic carbocycles. The number of carbonyl (C=O) groups is 2. The van der Waals surface area contributed by atoms with Gasteiger partial charge in [-0.2, -0.15) is 0 Å². The van der Waals surface area contributed by atoms with Gasteiger partial charge in [-0.1, -0.05) is 42.5 Å². The molecule has 2 N–H and O–H groups in total. The molecule has 0 spiro atoms. The molecule has 0 aliphatic rings. The van der Waals surface area contributed by atoms with E-state index < -0.39 is 11.8 Å². The molecular formula is C22H20N2O4. The molecule has 3 aromatic carbocycles. The summed E-state index contributed by atoms with van der Waals surface area (Å²) in [6, 6.07) is 23.4. The first-order valence-corrected chi connectivity index (χ1v) is 8.70. The first-order valence-electron chi connectivity index (χ1n) is 8.70.